The third-order valence-corrected chi connectivity index (χ3v) is 8.26. The van der Waals surface area contributed by atoms with Crippen LogP contribution in [0.1, 0.15) is 26.8 Å². The summed E-state index contributed by atoms with van der Waals surface area (Å²) in [5.74, 6) is 0.428. The number of rotatable bonds is 7. The average Bonchev–Trinajstić information content (AvgIpc) is 3.38. The summed E-state index contributed by atoms with van der Waals surface area (Å²) in [4.78, 5) is 66.0. The fraction of sp³-hybridized carbons (Fsp3) is 0.393. The average molecular weight is 561 g/mol. The molecule has 13 heteroatoms. The van der Waals surface area contributed by atoms with Crippen LogP contribution in [-0.2, 0) is 23.2 Å². The van der Waals surface area contributed by atoms with Gasteiger partial charge in [-0.25, -0.2) is 24.1 Å². The number of nitrogens with zero attached hydrogens (tertiary/aromatic N) is 7. The molecular formula is C28H29FN8O4. The van der Waals surface area contributed by atoms with Crippen molar-refractivity contribution in [1.82, 2.24) is 28.7 Å². The molecule has 3 atom stereocenters. The van der Waals surface area contributed by atoms with E-state index >= 15 is 0 Å². The van der Waals surface area contributed by atoms with Crippen LogP contribution in [0.2, 0.25) is 0 Å². The van der Waals surface area contributed by atoms with Crippen molar-refractivity contribution < 1.29 is 14.0 Å². The van der Waals surface area contributed by atoms with E-state index in [2.05, 4.69) is 25.2 Å². The zero-order chi connectivity index (χ0) is 29.2. The van der Waals surface area contributed by atoms with Gasteiger partial charge in [-0.05, 0) is 45.0 Å². The van der Waals surface area contributed by atoms with E-state index in [-0.39, 0.29) is 35.3 Å². The summed E-state index contributed by atoms with van der Waals surface area (Å²) < 4.78 is 17.6. The van der Waals surface area contributed by atoms with Gasteiger partial charge in [0.15, 0.2) is 11.2 Å². The van der Waals surface area contributed by atoms with Gasteiger partial charge in [0.25, 0.3) is 5.56 Å². The Hall–Kier alpha value is -4.68. The molecule has 1 aliphatic carbocycles. The second-order valence-electron chi connectivity index (χ2n) is 11.0. The molecule has 2 fully saturated rings. The van der Waals surface area contributed by atoms with Crippen molar-refractivity contribution in [3.05, 3.63) is 63.7 Å². The molecule has 4 aromatic heterocycles. The molecule has 1 saturated heterocycles. The molecule has 0 radical (unpaired) electrons. The van der Waals surface area contributed by atoms with Crippen LogP contribution in [0, 0.1) is 11.8 Å². The predicted octanol–water partition coefficient (Wildman–Crippen LogP) is 1.94. The Kier molecular flexibility index (Phi) is 6.12. The maximum absolute atomic E-state index is 14.2. The molecule has 12 nitrogen and oxygen atoms in total. The molecular weight excluding hydrogens is 531 g/mol. The Labute approximate surface area is 233 Å². The maximum atomic E-state index is 14.2. The number of hydrogen-bond donors (Lipinski definition) is 1. The number of piperidine rings is 1. The third kappa shape index (κ3) is 4.41. The topological polar surface area (TPSA) is 137 Å². The minimum Gasteiger partial charge on any atom is -0.356 e. The van der Waals surface area contributed by atoms with Crippen LogP contribution >= 0.6 is 0 Å². The number of ketones is 1. The monoisotopic (exact) mass is 560 g/mol. The molecule has 1 aliphatic heterocycles. The summed E-state index contributed by atoms with van der Waals surface area (Å²) >= 11 is 0. The number of alkyl halides is 1. The lowest BCUT2D eigenvalue weighted by Gasteiger charge is -2.21. The lowest BCUT2D eigenvalue weighted by Crippen LogP contribution is -2.41. The largest absolute Gasteiger partial charge is 0.356 e. The minimum atomic E-state index is -1.05. The molecule has 2 aliphatic rings. The van der Waals surface area contributed by atoms with Gasteiger partial charge in [0.1, 0.15) is 29.1 Å². The van der Waals surface area contributed by atoms with Gasteiger partial charge in [-0.1, -0.05) is 6.07 Å². The fourth-order valence-corrected chi connectivity index (χ4v) is 5.70. The first kappa shape index (κ1) is 26.5. The number of pyridine rings is 2. The molecule has 1 saturated carbocycles. The van der Waals surface area contributed by atoms with Gasteiger partial charge >= 0.3 is 5.69 Å². The first-order valence-electron chi connectivity index (χ1n) is 13.3. The highest BCUT2D eigenvalue weighted by atomic mass is 19.1. The smallest absolute Gasteiger partial charge is 0.332 e. The summed E-state index contributed by atoms with van der Waals surface area (Å²) in [7, 11) is 1.45. The van der Waals surface area contributed by atoms with Crippen molar-refractivity contribution in [1.29, 1.82) is 0 Å². The Morgan fingerprint density at radius 2 is 1.88 bits per heavy atom. The molecule has 2 unspecified atom stereocenters. The van der Waals surface area contributed by atoms with Crippen molar-refractivity contribution >= 4 is 34.5 Å². The highest BCUT2D eigenvalue weighted by Crippen LogP contribution is 2.58. The Morgan fingerprint density at radius 1 is 1.15 bits per heavy atom. The molecule has 0 aromatic carbocycles. The summed E-state index contributed by atoms with van der Waals surface area (Å²) in [6.07, 6.45) is 3.03. The number of Topliss-reactive ketones (excluding diaryl/α,β-unsaturated/α-hetero) is 1. The first-order chi connectivity index (χ1) is 19.5. The number of carbonyl (C=O) groups excluding carboxylic acids is 2. The lowest BCUT2D eigenvalue weighted by molar-refractivity contribution is -0.119. The van der Waals surface area contributed by atoms with Crippen LogP contribution < -0.4 is 21.5 Å². The van der Waals surface area contributed by atoms with Gasteiger partial charge in [-0.15, -0.1) is 0 Å². The molecule has 0 spiro atoms. The number of imidazole rings is 1. The number of aryl methyl sites for hydroxylation is 1. The zero-order valence-corrected chi connectivity index (χ0v) is 23.0. The van der Waals surface area contributed by atoms with Crippen molar-refractivity contribution in [2.24, 2.45) is 18.9 Å². The number of halogens is 1. The quantitative estimate of drug-likeness (QED) is 0.362. The van der Waals surface area contributed by atoms with Gasteiger partial charge < -0.3 is 14.8 Å². The highest BCUT2D eigenvalue weighted by molar-refractivity contribution is 5.93. The molecule has 41 heavy (non-hydrogen) atoms. The number of fused-ring (bicyclic) bond motifs is 2. The Balaban J connectivity index is 1.20. The standard InChI is InChI=1S/C28H29FN8O4/c1-15(38)11-36-26(40)23-24(34(4)27(36)41)31-14-37(23)16(2)25(39)33-21-7-5-6-20(32-21)17-8-9-22(30-10-17)35-12-18-19(13-35)28(18,3)29/h5-10,14,16,18-19H,11-13H2,1-4H3,(H,32,33,39)/t16-,18?,19?,28?/m0/s1. The van der Waals surface area contributed by atoms with E-state index in [0.29, 0.717) is 24.6 Å². The predicted molar refractivity (Wildman–Crippen MR) is 149 cm³/mol. The van der Waals surface area contributed by atoms with Crippen molar-refractivity contribution in [2.45, 2.75) is 39.0 Å². The number of hydrogen-bond acceptors (Lipinski definition) is 8. The normalized spacial score (nSPS) is 22.0. The van der Waals surface area contributed by atoms with Crippen LogP contribution in [0.5, 0.6) is 0 Å². The molecule has 6 rings (SSSR count). The number of carbonyl (C=O) groups is 2. The van der Waals surface area contributed by atoms with Crippen molar-refractivity contribution in [3.8, 4) is 11.3 Å². The first-order valence-corrected chi connectivity index (χ1v) is 13.3. The molecule has 4 aromatic rings. The van der Waals surface area contributed by atoms with E-state index in [1.54, 1.807) is 38.2 Å². The van der Waals surface area contributed by atoms with Crippen molar-refractivity contribution in [2.75, 3.05) is 23.3 Å². The van der Waals surface area contributed by atoms with Crippen LogP contribution in [0.3, 0.4) is 0 Å². The summed E-state index contributed by atoms with van der Waals surface area (Å²) in [5, 5.41) is 2.78. The number of nitrogens with one attached hydrogen (secondary N) is 1. The molecule has 1 amide bonds. The summed E-state index contributed by atoms with van der Waals surface area (Å²) in [5.41, 5.74) is -0.911. The Bertz CT molecular complexity index is 1810. The van der Waals surface area contributed by atoms with Gasteiger partial charge in [0.05, 0.1) is 18.6 Å². The fourth-order valence-electron chi connectivity index (χ4n) is 5.70. The van der Waals surface area contributed by atoms with E-state index in [9.17, 15) is 23.6 Å². The SMILES string of the molecule is CC(=O)Cn1c(=O)c2c(ncn2[C@@H](C)C(=O)Nc2cccc(-c3ccc(N4CC5C(C4)C5(C)F)nc3)n2)n(C)c1=O. The third-order valence-electron chi connectivity index (χ3n) is 8.26. The maximum Gasteiger partial charge on any atom is 0.332 e. The van der Waals surface area contributed by atoms with Gasteiger partial charge in [0.2, 0.25) is 5.91 Å². The van der Waals surface area contributed by atoms with Gasteiger partial charge in [-0.2, -0.15) is 0 Å². The highest BCUT2D eigenvalue weighted by Gasteiger charge is 2.66. The minimum absolute atomic E-state index is 0.0373. The molecule has 0 bridgehead atoms. The number of aromatic nitrogens is 6. The lowest BCUT2D eigenvalue weighted by atomic mass is 10.2. The molecule has 212 valence electrons. The van der Waals surface area contributed by atoms with E-state index in [1.807, 2.05) is 12.1 Å². The second-order valence-corrected chi connectivity index (χ2v) is 11.0. The number of amides is 1. The molecule has 1 N–H and O–H groups in total. The van der Waals surface area contributed by atoms with Crippen molar-refractivity contribution in [3.63, 3.8) is 0 Å². The van der Waals surface area contributed by atoms with Gasteiger partial charge in [-0.3, -0.25) is 23.5 Å². The van der Waals surface area contributed by atoms with E-state index in [0.717, 1.165) is 15.9 Å². The van der Waals surface area contributed by atoms with E-state index in [4.69, 9.17) is 0 Å². The van der Waals surface area contributed by atoms with Crippen LogP contribution in [-0.4, -0.2) is 59.1 Å². The number of anilines is 2. The van der Waals surface area contributed by atoms with Crippen LogP contribution in [0.4, 0.5) is 16.0 Å². The van der Waals surface area contributed by atoms with Crippen LogP contribution in [0.25, 0.3) is 22.4 Å². The molecule has 5 heterocycles. The zero-order valence-electron chi connectivity index (χ0n) is 23.0. The van der Waals surface area contributed by atoms with Crippen LogP contribution in [0.15, 0.2) is 52.4 Å². The Morgan fingerprint density at radius 3 is 2.54 bits per heavy atom. The summed E-state index contributed by atoms with van der Waals surface area (Å²) in [6.45, 7) is 5.49. The van der Waals surface area contributed by atoms with Gasteiger partial charge in [0, 0.05) is 43.7 Å². The van der Waals surface area contributed by atoms with E-state index < -0.39 is 28.9 Å². The summed E-state index contributed by atoms with van der Waals surface area (Å²) in [6, 6.07) is 8.11. The van der Waals surface area contributed by atoms with E-state index in [1.165, 1.54) is 29.4 Å². The second kappa shape index (κ2) is 9.46.